The molecule has 1 aliphatic rings. The van der Waals surface area contributed by atoms with Crippen LogP contribution < -0.4 is 10.4 Å². The van der Waals surface area contributed by atoms with Gasteiger partial charge in [-0.2, -0.15) is 0 Å². The lowest BCUT2D eigenvalue weighted by Gasteiger charge is -2.20. The minimum atomic E-state index is -0.489. The highest BCUT2D eigenvalue weighted by molar-refractivity contribution is 6.06. The number of amides is 1. The van der Waals surface area contributed by atoms with Crippen LogP contribution in [0.15, 0.2) is 60.2 Å². The lowest BCUT2D eigenvalue weighted by molar-refractivity contribution is 0.0375. The number of nitrogens with one attached hydrogen (secondary N) is 1. The number of hydrogen-bond donors (Lipinski definition) is 1. The highest BCUT2D eigenvalue weighted by Crippen LogP contribution is 2.23. The Labute approximate surface area is 161 Å². The monoisotopic (exact) mass is 377 g/mol. The van der Waals surface area contributed by atoms with Crippen molar-refractivity contribution < 1.29 is 9.63 Å². The van der Waals surface area contributed by atoms with Gasteiger partial charge in [-0.15, -0.1) is 0 Å². The number of hydroxylamine groups is 1. The summed E-state index contributed by atoms with van der Waals surface area (Å²) >= 11 is 0. The molecule has 0 saturated heterocycles. The van der Waals surface area contributed by atoms with Gasteiger partial charge in [-0.05, 0) is 31.2 Å². The molecule has 1 aliphatic heterocycles. The molecule has 0 saturated carbocycles. The van der Waals surface area contributed by atoms with Crippen LogP contribution in [0.2, 0.25) is 0 Å². The summed E-state index contributed by atoms with van der Waals surface area (Å²) in [5, 5.41) is 0. The maximum atomic E-state index is 13.1. The van der Waals surface area contributed by atoms with Crippen molar-refractivity contribution >= 4 is 17.4 Å². The van der Waals surface area contributed by atoms with Gasteiger partial charge in [0.15, 0.2) is 11.7 Å². The smallest absolute Gasteiger partial charge is 0.276 e. The van der Waals surface area contributed by atoms with E-state index in [4.69, 9.17) is 4.84 Å². The van der Waals surface area contributed by atoms with Gasteiger partial charge >= 0.3 is 0 Å². The lowest BCUT2D eigenvalue weighted by Crippen LogP contribution is -2.32. The van der Waals surface area contributed by atoms with E-state index < -0.39 is 6.23 Å². The van der Waals surface area contributed by atoms with Crippen LogP contribution in [0.5, 0.6) is 0 Å². The summed E-state index contributed by atoms with van der Waals surface area (Å²) in [5.74, 6) is 0.817. The first-order chi connectivity index (χ1) is 13.7. The molecule has 0 fully saturated rings. The third-order valence-electron chi connectivity index (χ3n) is 4.44. The molecule has 0 bridgehead atoms. The zero-order valence-electron chi connectivity index (χ0n) is 15.5. The molecule has 1 unspecified atom stereocenters. The first-order valence-corrected chi connectivity index (χ1v) is 8.82. The van der Waals surface area contributed by atoms with Crippen LogP contribution in [0.3, 0.4) is 0 Å². The summed E-state index contributed by atoms with van der Waals surface area (Å²) in [6.07, 6.45) is 7.75. The number of carbonyl (C=O) groups excluding carboxylic acids is 1. The molecular weight excluding hydrogens is 358 g/mol. The Morgan fingerprint density at radius 1 is 1.21 bits per heavy atom. The molecule has 0 aromatic carbocycles. The molecule has 1 atom stereocenters. The van der Waals surface area contributed by atoms with Crippen molar-refractivity contribution in [3.05, 3.63) is 72.3 Å². The number of hydrogen-bond acceptors (Lipinski definition) is 7. The fraction of sp³-hybridized carbons (Fsp3) is 0.211. The Morgan fingerprint density at radius 3 is 2.75 bits per heavy atom. The Hall–Kier alpha value is -3.59. The van der Waals surface area contributed by atoms with E-state index >= 15 is 0 Å². The normalized spacial score (nSPS) is 15.8. The van der Waals surface area contributed by atoms with E-state index in [1.807, 2.05) is 25.1 Å². The summed E-state index contributed by atoms with van der Waals surface area (Å²) in [6, 6.07) is 7.31. The second-order valence-electron chi connectivity index (χ2n) is 6.12. The van der Waals surface area contributed by atoms with Crippen molar-refractivity contribution in [3.8, 4) is 0 Å². The number of rotatable bonds is 5. The molecule has 0 spiro atoms. The number of aliphatic imine (C=N–C) groups is 1. The van der Waals surface area contributed by atoms with E-state index in [2.05, 4.69) is 25.4 Å². The quantitative estimate of drug-likeness (QED) is 0.729. The SMILES string of the molecule is CCN(C(=O)c1cnc(C2=NC(c3ccncc3)ON2)n1C)c1cccnc1. The lowest BCUT2D eigenvalue weighted by atomic mass is 10.2. The van der Waals surface area contributed by atoms with Gasteiger partial charge in [-0.25, -0.2) is 20.3 Å². The Kier molecular flexibility index (Phi) is 4.81. The molecule has 9 nitrogen and oxygen atoms in total. The van der Waals surface area contributed by atoms with E-state index in [-0.39, 0.29) is 5.91 Å². The molecule has 0 aliphatic carbocycles. The summed E-state index contributed by atoms with van der Waals surface area (Å²) in [6.45, 7) is 2.43. The average molecular weight is 377 g/mol. The molecule has 1 amide bonds. The van der Waals surface area contributed by atoms with Gasteiger partial charge in [-0.3, -0.25) is 14.8 Å². The second-order valence-corrected chi connectivity index (χ2v) is 6.12. The highest BCUT2D eigenvalue weighted by Gasteiger charge is 2.27. The molecule has 1 N–H and O–H groups in total. The standard InChI is InChI=1S/C19H19N7O2/c1-3-26(14-5-4-8-21-11-14)19(27)15-12-22-17(25(15)2)16-23-18(28-24-16)13-6-9-20-10-7-13/h4-12,18H,3H2,1-2H3,(H,23,24). The third kappa shape index (κ3) is 3.23. The fourth-order valence-electron chi connectivity index (χ4n) is 2.98. The van der Waals surface area contributed by atoms with Gasteiger partial charge in [-0.1, -0.05) is 0 Å². The van der Waals surface area contributed by atoms with Crippen molar-refractivity contribution in [1.82, 2.24) is 25.0 Å². The Balaban J connectivity index is 1.60. The van der Waals surface area contributed by atoms with Gasteiger partial charge in [0.2, 0.25) is 6.23 Å². The molecule has 3 aromatic rings. The van der Waals surface area contributed by atoms with Gasteiger partial charge < -0.3 is 9.47 Å². The maximum absolute atomic E-state index is 13.1. The average Bonchev–Trinajstić information content (AvgIpc) is 3.37. The predicted molar refractivity (Wildman–Crippen MR) is 103 cm³/mol. The summed E-state index contributed by atoms with van der Waals surface area (Å²) < 4.78 is 1.70. The van der Waals surface area contributed by atoms with Crippen LogP contribution in [0.1, 0.15) is 35.0 Å². The first kappa shape index (κ1) is 17.8. The number of amidine groups is 1. The number of aromatic nitrogens is 4. The molecular formula is C19H19N7O2. The first-order valence-electron chi connectivity index (χ1n) is 8.82. The van der Waals surface area contributed by atoms with E-state index in [1.54, 1.807) is 53.6 Å². The molecule has 28 heavy (non-hydrogen) atoms. The number of anilines is 1. The largest absolute Gasteiger partial charge is 0.320 e. The number of carbonyl (C=O) groups is 1. The molecule has 9 heteroatoms. The van der Waals surface area contributed by atoms with Crippen LogP contribution in [0.25, 0.3) is 0 Å². The zero-order chi connectivity index (χ0) is 19.5. The maximum Gasteiger partial charge on any atom is 0.276 e. The van der Waals surface area contributed by atoms with Gasteiger partial charge in [0.1, 0.15) is 5.69 Å². The fourth-order valence-corrected chi connectivity index (χ4v) is 2.98. The van der Waals surface area contributed by atoms with Crippen LogP contribution in [0.4, 0.5) is 5.69 Å². The van der Waals surface area contributed by atoms with E-state index in [1.165, 1.54) is 0 Å². The van der Waals surface area contributed by atoms with E-state index in [0.29, 0.717) is 23.9 Å². The Morgan fingerprint density at radius 2 is 2.04 bits per heavy atom. The molecule has 4 rings (SSSR count). The summed E-state index contributed by atoms with van der Waals surface area (Å²) in [7, 11) is 1.77. The number of imidazole rings is 1. The van der Waals surface area contributed by atoms with Gasteiger partial charge in [0, 0.05) is 37.7 Å². The van der Waals surface area contributed by atoms with E-state index in [9.17, 15) is 4.79 Å². The van der Waals surface area contributed by atoms with Crippen molar-refractivity contribution in [2.75, 3.05) is 11.4 Å². The number of nitrogens with zero attached hydrogens (tertiary/aromatic N) is 6. The molecule has 4 heterocycles. The second kappa shape index (κ2) is 7.57. The van der Waals surface area contributed by atoms with Crippen LogP contribution in [-0.4, -0.2) is 37.8 Å². The molecule has 0 radical (unpaired) electrons. The van der Waals surface area contributed by atoms with Crippen LogP contribution in [-0.2, 0) is 11.9 Å². The van der Waals surface area contributed by atoms with Crippen molar-refractivity contribution in [1.29, 1.82) is 0 Å². The highest BCUT2D eigenvalue weighted by atomic mass is 16.7. The van der Waals surface area contributed by atoms with Crippen molar-refractivity contribution in [3.63, 3.8) is 0 Å². The van der Waals surface area contributed by atoms with Crippen LogP contribution in [0, 0.1) is 0 Å². The topological polar surface area (TPSA) is 97.5 Å². The van der Waals surface area contributed by atoms with Gasteiger partial charge in [0.25, 0.3) is 5.91 Å². The number of pyridine rings is 2. The molecule has 142 valence electrons. The summed E-state index contributed by atoms with van der Waals surface area (Å²) in [5.41, 5.74) is 4.85. The van der Waals surface area contributed by atoms with E-state index in [0.717, 1.165) is 11.3 Å². The minimum absolute atomic E-state index is 0.165. The minimum Gasteiger partial charge on any atom is -0.320 e. The van der Waals surface area contributed by atoms with Crippen LogP contribution >= 0.6 is 0 Å². The van der Waals surface area contributed by atoms with Gasteiger partial charge in [0.05, 0.1) is 18.1 Å². The van der Waals surface area contributed by atoms with Crippen molar-refractivity contribution in [2.45, 2.75) is 13.2 Å². The zero-order valence-corrected chi connectivity index (χ0v) is 15.5. The Bertz CT molecular complexity index is 1000. The third-order valence-corrected chi connectivity index (χ3v) is 4.44. The predicted octanol–water partition coefficient (Wildman–Crippen LogP) is 1.86. The van der Waals surface area contributed by atoms with Crippen molar-refractivity contribution in [2.24, 2.45) is 12.0 Å². The molecule has 3 aromatic heterocycles. The summed E-state index contributed by atoms with van der Waals surface area (Å²) in [4.78, 5) is 37.2.